The summed E-state index contributed by atoms with van der Waals surface area (Å²) < 4.78 is 12.3. The first kappa shape index (κ1) is 21.4. The van der Waals surface area contributed by atoms with Crippen LogP contribution in [0.15, 0.2) is 59.7 Å². The predicted molar refractivity (Wildman–Crippen MR) is 121 cm³/mol. The summed E-state index contributed by atoms with van der Waals surface area (Å²) >= 11 is 0. The van der Waals surface area contributed by atoms with Crippen molar-refractivity contribution in [2.24, 2.45) is 0 Å². The molecular formula is C25H31N3O3. The van der Waals surface area contributed by atoms with Crippen molar-refractivity contribution in [3.63, 3.8) is 0 Å². The number of nitrogens with one attached hydrogen (secondary N) is 1. The van der Waals surface area contributed by atoms with Gasteiger partial charge in [-0.1, -0.05) is 12.2 Å². The fourth-order valence-corrected chi connectivity index (χ4v) is 4.46. The summed E-state index contributed by atoms with van der Waals surface area (Å²) in [6.45, 7) is 7.16. The molecule has 0 atom stereocenters. The van der Waals surface area contributed by atoms with Gasteiger partial charge in [0.2, 0.25) is 0 Å². The Hall–Kier alpha value is -2.86. The van der Waals surface area contributed by atoms with E-state index in [0.29, 0.717) is 25.1 Å². The molecule has 0 bridgehead atoms. The second-order valence-corrected chi connectivity index (χ2v) is 8.05. The third-order valence-corrected chi connectivity index (χ3v) is 6.24. The van der Waals surface area contributed by atoms with Crippen LogP contribution < -0.4 is 5.32 Å². The van der Waals surface area contributed by atoms with Crippen LogP contribution in [0, 0.1) is 0 Å². The number of amides is 1. The zero-order valence-corrected chi connectivity index (χ0v) is 18.6. The summed E-state index contributed by atoms with van der Waals surface area (Å²) in [5.74, 6) is 1.70. The summed E-state index contributed by atoms with van der Waals surface area (Å²) in [6, 6.07) is 3.82. The molecular weight excluding hydrogens is 390 g/mol. The number of allylic oxidation sites excluding steroid dienone is 4. The Labute approximate surface area is 184 Å². The van der Waals surface area contributed by atoms with Gasteiger partial charge in [-0.3, -0.25) is 9.78 Å². The van der Waals surface area contributed by atoms with Crippen LogP contribution in [0.1, 0.15) is 49.2 Å². The largest absolute Gasteiger partial charge is 0.500 e. The first-order valence-electron chi connectivity index (χ1n) is 11.1. The minimum Gasteiger partial charge on any atom is -0.500 e. The second-order valence-electron chi connectivity index (χ2n) is 8.05. The molecule has 0 radical (unpaired) electrons. The van der Waals surface area contributed by atoms with Crippen molar-refractivity contribution >= 4 is 11.5 Å². The van der Waals surface area contributed by atoms with E-state index >= 15 is 0 Å². The van der Waals surface area contributed by atoms with E-state index in [-0.39, 0.29) is 11.5 Å². The standard InChI is InChI=1S/C25H31N3O3/c1-4-28(5-2)24(29)18-10-11-20(27-17-18)19-16-25(12-14-26-15-13-25)31-22-9-7-6-8-21(30-3)23(19)22/h6-7,9-11,16-17,26H,4-5,8,12-15H2,1-3H3. The summed E-state index contributed by atoms with van der Waals surface area (Å²) in [7, 11) is 1.70. The van der Waals surface area contributed by atoms with Gasteiger partial charge >= 0.3 is 0 Å². The summed E-state index contributed by atoms with van der Waals surface area (Å²) in [6.07, 6.45) is 12.5. The van der Waals surface area contributed by atoms with E-state index in [2.05, 4.69) is 17.5 Å². The minimum atomic E-state index is -0.357. The van der Waals surface area contributed by atoms with E-state index in [1.54, 1.807) is 18.2 Å². The summed E-state index contributed by atoms with van der Waals surface area (Å²) in [4.78, 5) is 19.2. The van der Waals surface area contributed by atoms with Crippen molar-refractivity contribution in [1.82, 2.24) is 15.2 Å². The Morgan fingerprint density at radius 1 is 1.26 bits per heavy atom. The molecule has 1 fully saturated rings. The molecule has 0 saturated carbocycles. The van der Waals surface area contributed by atoms with Gasteiger partial charge in [-0.15, -0.1) is 0 Å². The quantitative estimate of drug-likeness (QED) is 0.783. The second kappa shape index (κ2) is 9.10. The summed E-state index contributed by atoms with van der Waals surface area (Å²) in [5, 5.41) is 3.42. The van der Waals surface area contributed by atoms with E-state index < -0.39 is 0 Å². The number of aromatic nitrogens is 1. The van der Waals surface area contributed by atoms with Crippen LogP contribution in [0.4, 0.5) is 0 Å². The zero-order chi connectivity index (χ0) is 21.8. The third-order valence-electron chi connectivity index (χ3n) is 6.24. The lowest BCUT2D eigenvalue weighted by molar-refractivity contribution is 0.0192. The average molecular weight is 422 g/mol. The van der Waals surface area contributed by atoms with Gasteiger partial charge in [-0.05, 0) is 51.2 Å². The van der Waals surface area contributed by atoms with Crippen molar-refractivity contribution in [3.8, 4) is 0 Å². The predicted octanol–water partition coefficient (Wildman–Crippen LogP) is 3.84. The molecule has 6 nitrogen and oxygen atoms in total. The molecule has 3 aliphatic rings. The van der Waals surface area contributed by atoms with Crippen molar-refractivity contribution < 1.29 is 14.3 Å². The molecule has 1 spiro atoms. The molecule has 1 aromatic heterocycles. The number of piperidine rings is 1. The number of hydrogen-bond acceptors (Lipinski definition) is 5. The molecule has 1 aliphatic carbocycles. The topological polar surface area (TPSA) is 63.7 Å². The van der Waals surface area contributed by atoms with Gasteiger partial charge in [-0.2, -0.15) is 0 Å². The van der Waals surface area contributed by atoms with Crippen molar-refractivity contribution in [3.05, 3.63) is 71.0 Å². The van der Waals surface area contributed by atoms with Crippen LogP contribution in [-0.4, -0.2) is 54.7 Å². The maximum absolute atomic E-state index is 12.7. The molecule has 164 valence electrons. The van der Waals surface area contributed by atoms with Gasteiger partial charge < -0.3 is 19.7 Å². The lowest BCUT2D eigenvalue weighted by Crippen LogP contribution is -2.44. The van der Waals surface area contributed by atoms with Gasteiger partial charge in [0.1, 0.15) is 17.1 Å². The number of hydrogen-bond donors (Lipinski definition) is 1. The van der Waals surface area contributed by atoms with Crippen LogP contribution in [0.25, 0.3) is 5.57 Å². The SMILES string of the molecule is CCN(CC)C(=O)c1ccc(C2=CC3(CCNCC3)OC3=CC=CCC(OC)=C32)nc1. The van der Waals surface area contributed by atoms with Crippen LogP contribution in [0.5, 0.6) is 0 Å². The Kier molecular flexibility index (Phi) is 6.28. The van der Waals surface area contributed by atoms with Crippen LogP contribution in [0.2, 0.25) is 0 Å². The highest BCUT2D eigenvalue weighted by Crippen LogP contribution is 2.44. The maximum atomic E-state index is 12.7. The van der Waals surface area contributed by atoms with Crippen LogP contribution in [0.3, 0.4) is 0 Å². The molecule has 0 aromatic carbocycles. The molecule has 3 heterocycles. The first-order valence-corrected chi connectivity index (χ1v) is 11.1. The molecule has 1 aromatic rings. The van der Waals surface area contributed by atoms with Gasteiger partial charge in [0.05, 0.1) is 23.9 Å². The Bertz CT molecular complexity index is 947. The number of pyridine rings is 1. The number of rotatable bonds is 5. The van der Waals surface area contributed by atoms with E-state index in [1.165, 1.54) is 0 Å². The molecule has 31 heavy (non-hydrogen) atoms. The number of nitrogens with zero attached hydrogens (tertiary/aromatic N) is 2. The molecule has 4 rings (SSSR count). The number of carbonyl (C=O) groups is 1. The van der Waals surface area contributed by atoms with Crippen LogP contribution in [-0.2, 0) is 9.47 Å². The number of methoxy groups -OCH3 is 1. The number of carbonyl (C=O) groups excluding carboxylic acids is 1. The molecule has 6 heteroatoms. The first-order chi connectivity index (χ1) is 15.1. The molecule has 1 amide bonds. The summed E-state index contributed by atoms with van der Waals surface area (Å²) in [5.41, 5.74) is 3.05. The van der Waals surface area contributed by atoms with Crippen LogP contribution >= 0.6 is 0 Å². The van der Waals surface area contributed by atoms with E-state index in [0.717, 1.165) is 54.3 Å². The Morgan fingerprint density at radius 3 is 2.68 bits per heavy atom. The van der Waals surface area contributed by atoms with Gasteiger partial charge in [0, 0.05) is 44.1 Å². The average Bonchev–Trinajstić information content (AvgIpc) is 3.01. The Balaban J connectivity index is 1.78. The van der Waals surface area contributed by atoms with E-state index in [9.17, 15) is 4.79 Å². The third kappa shape index (κ3) is 4.17. The monoisotopic (exact) mass is 421 g/mol. The number of ether oxygens (including phenoxy) is 2. The lowest BCUT2D eigenvalue weighted by Gasteiger charge is -2.41. The van der Waals surface area contributed by atoms with Gasteiger partial charge in [-0.25, -0.2) is 0 Å². The molecule has 1 saturated heterocycles. The Morgan fingerprint density at radius 2 is 2.03 bits per heavy atom. The van der Waals surface area contributed by atoms with Crippen molar-refractivity contribution in [1.29, 1.82) is 0 Å². The molecule has 1 N–H and O–H groups in total. The fourth-order valence-electron chi connectivity index (χ4n) is 4.46. The highest BCUT2D eigenvalue weighted by atomic mass is 16.5. The van der Waals surface area contributed by atoms with E-state index in [1.807, 2.05) is 38.1 Å². The maximum Gasteiger partial charge on any atom is 0.255 e. The fraction of sp³-hybridized carbons (Fsp3) is 0.440. The number of fused-ring (bicyclic) bond motifs is 1. The highest BCUT2D eigenvalue weighted by molar-refractivity contribution is 5.94. The van der Waals surface area contributed by atoms with Crippen molar-refractivity contribution in [2.45, 2.75) is 38.7 Å². The minimum absolute atomic E-state index is 0.0101. The lowest BCUT2D eigenvalue weighted by atomic mass is 9.83. The molecule has 0 unspecified atom stereocenters. The smallest absolute Gasteiger partial charge is 0.255 e. The van der Waals surface area contributed by atoms with E-state index in [4.69, 9.17) is 14.5 Å². The zero-order valence-electron chi connectivity index (χ0n) is 18.6. The van der Waals surface area contributed by atoms with Gasteiger partial charge in [0.15, 0.2) is 0 Å². The molecule has 2 aliphatic heterocycles. The highest BCUT2D eigenvalue weighted by Gasteiger charge is 2.40. The normalized spacial score (nSPS) is 19.7. The van der Waals surface area contributed by atoms with Crippen molar-refractivity contribution in [2.75, 3.05) is 33.3 Å². The van der Waals surface area contributed by atoms with Gasteiger partial charge in [0.25, 0.3) is 5.91 Å².